The van der Waals surface area contributed by atoms with Crippen molar-refractivity contribution in [3.8, 4) is 0 Å². The Labute approximate surface area is 175 Å². The Morgan fingerprint density at radius 1 is 1.30 bits per heavy atom. The average molecular weight is 421 g/mol. The van der Waals surface area contributed by atoms with E-state index in [1.54, 1.807) is 15.7 Å². The van der Waals surface area contributed by atoms with Crippen molar-refractivity contribution in [1.82, 2.24) is 14.4 Å². The summed E-state index contributed by atoms with van der Waals surface area (Å²) in [7, 11) is 0. The van der Waals surface area contributed by atoms with E-state index in [1.165, 1.54) is 6.92 Å². The molecule has 1 amide bonds. The lowest BCUT2D eigenvalue weighted by Crippen LogP contribution is -2.41. The van der Waals surface area contributed by atoms with E-state index in [2.05, 4.69) is 11.8 Å². The summed E-state index contributed by atoms with van der Waals surface area (Å²) < 4.78 is 1.58. The molecule has 1 fully saturated rings. The molecule has 2 N–H and O–H groups in total. The van der Waals surface area contributed by atoms with Crippen LogP contribution in [0.1, 0.15) is 54.6 Å². The van der Waals surface area contributed by atoms with Gasteiger partial charge in [0.15, 0.2) is 0 Å². The minimum atomic E-state index is -1.17. The van der Waals surface area contributed by atoms with Crippen molar-refractivity contribution < 1.29 is 24.6 Å². The van der Waals surface area contributed by atoms with E-state index in [1.807, 2.05) is 0 Å². The molecule has 0 saturated carbocycles. The van der Waals surface area contributed by atoms with Crippen molar-refractivity contribution in [3.63, 3.8) is 0 Å². The number of piperidine rings is 1. The smallest absolute Gasteiger partial charge is 0.341 e. The predicted molar refractivity (Wildman–Crippen MR) is 111 cm³/mol. The van der Waals surface area contributed by atoms with Crippen molar-refractivity contribution >= 4 is 18.3 Å². The van der Waals surface area contributed by atoms with Crippen molar-refractivity contribution in [3.05, 3.63) is 33.2 Å². The summed E-state index contributed by atoms with van der Waals surface area (Å²) in [5, 5.41) is 16.5. The molecule has 1 saturated heterocycles. The van der Waals surface area contributed by atoms with E-state index in [0.29, 0.717) is 37.5 Å². The zero-order valence-electron chi connectivity index (χ0n) is 17.7. The standard InChI is InChI=1S/C20H29N3O4.CH2O2/c1-3-7-21-8-4-5-15(10-21)11-23-13-16-12-22(14(2)24)9-6-17(16)18(19(23)25)20(26)27;2-1-3/h13,15H,3-12H2,1-2H3,(H,26,27);1H,(H,2,3). The van der Waals surface area contributed by atoms with Crippen LogP contribution in [0, 0.1) is 5.92 Å². The van der Waals surface area contributed by atoms with Gasteiger partial charge in [0, 0.05) is 39.3 Å². The van der Waals surface area contributed by atoms with Gasteiger partial charge >= 0.3 is 5.97 Å². The lowest BCUT2D eigenvalue weighted by atomic mass is 9.95. The number of carboxylic acids is 1. The molecule has 2 aliphatic heterocycles. The first kappa shape index (κ1) is 23.6. The van der Waals surface area contributed by atoms with E-state index >= 15 is 0 Å². The molecule has 1 atom stereocenters. The molecule has 0 radical (unpaired) electrons. The lowest BCUT2D eigenvalue weighted by molar-refractivity contribution is -0.129. The second kappa shape index (κ2) is 10.9. The molecule has 166 valence electrons. The van der Waals surface area contributed by atoms with E-state index in [9.17, 15) is 19.5 Å². The highest BCUT2D eigenvalue weighted by atomic mass is 16.4. The Balaban J connectivity index is 0.00000101. The molecule has 0 spiro atoms. The molecule has 30 heavy (non-hydrogen) atoms. The average Bonchev–Trinajstić information content (AvgIpc) is 2.69. The van der Waals surface area contributed by atoms with E-state index in [0.717, 1.165) is 44.5 Å². The number of aromatic carboxylic acids is 1. The van der Waals surface area contributed by atoms with E-state index < -0.39 is 11.5 Å². The van der Waals surface area contributed by atoms with E-state index in [4.69, 9.17) is 9.90 Å². The number of rotatable bonds is 5. The number of nitrogens with zero attached hydrogens (tertiary/aromatic N) is 3. The van der Waals surface area contributed by atoms with Crippen LogP contribution in [0.15, 0.2) is 11.0 Å². The zero-order chi connectivity index (χ0) is 22.3. The van der Waals surface area contributed by atoms with Crippen LogP contribution in [0.3, 0.4) is 0 Å². The zero-order valence-corrected chi connectivity index (χ0v) is 17.7. The van der Waals surface area contributed by atoms with Gasteiger partial charge in [-0.05, 0) is 55.8 Å². The fourth-order valence-corrected chi connectivity index (χ4v) is 4.43. The van der Waals surface area contributed by atoms with Gasteiger partial charge in [0.25, 0.3) is 12.0 Å². The molecule has 3 rings (SSSR count). The molecule has 0 aromatic carbocycles. The lowest BCUT2D eigenvalue weighted by Gasteiger charge is -2.33. The maximum atomic E-state index is 12.9. The monoisotopic (exact) mass is 421 g/mol. The Bertz CT molecular complexity index is 833. The van der Waals surface area contributed by atoms with Crippen LogP contribution in [0.4, 0.5) is 0 Å². The van der Waals surface area contributed by atoms with Gasteiger partial charge in [-0.25, -0.2) is 4.79 Å². The number of carbonyl (C=O) groups excluding carboxylic acids is 1. The number of aromatic nitrogens is 1. The molecule has 1 aromatic rings. The summed E-state index contributed by atoms with van der Waals surface area (Å²) in [6.07, 6.45) is 5.47. The highest BCUT2D eigenvalue weighted by molar-refractivity contribution is 5.89. The molecular weight excluding hydrogens is 390 g/mol. The predicted octanol–water partition coefficient (Wildman–Crippen LogP) is 1.27. The first-order valence-corrected chi connectivity index (χ1v) is 10.4. The highest BCUT2D eigenvalue weighted by Crippen LogP contribution is 2.23. The summed E-state index contributed by atoms with van der Waals surface area (Å²) in [6, 6.07) is 0. The molecule has 1 aromatic heterocycles. The first-order chi connectivity index (χ1) is 14.3. The van der Waals surface area contributed by atoms with Crippen LogP contribution in [0.2, 0.25) is 0 Å². The van der Waals surface area contributed by atoms with Crippen LogP contribution in [0.25, 0.3) is 0 Å². The summed E-state index contributed by atoms with van der Waals surface area (Å²) >= 11 is 0. The Morgan fingerprint density at radius 3 is 2.60 bits per heavy atom. The maximum Gasteiger partial charge on any atom is 0.341 e. The minimum absolute atomic E-state index is 0.0298. The summed E-state index contributed by atoms with van der Waals surface area (Å²) in [5.74, 6) is -0.855. The number of amides is 1. The number of fused-ring (bicyclic) bond motifs is 1. The van der Waals surface area contributed by atoms with Gasteiger partial charge in [0.2, 0.25) is 5.91 Å². The molecule has 0 bridgehead atoms. The fourth-order valence-electron chi connectivity index (χ4n) is 4.43. The minimum Gasteiger partial charge on any atom is -0.483 e. The van der Waals surface area contributed by atoms with Crippen molar-refractivity contribution in [2.45, 2.75) is 52.6 Å². The van der Waals surface area contributed by atoms with E-state index in [-0.39, 0.29) is 17.9 Å². The van der Waals surface area contributed by atoms with Gasteiger partial charge < -0.3 is 24.6 Å². The topological polar surface area (TPSA) is 120 Å². The Kier molecular flexibility index (Phi) is 8.58. The molecule has 9 heteroatoms. The van der Waals surface area contributed by atoms with Gasteiger partial charge in [0.05, 0.1) is 0 Å². The van der Waals surface area contributed by atoms with Crippen molar-refractivity contribution in [1.29, 1.82) is 0 Å². The molecule has 1 unspecified atom stereocenters. The second-order valence-corrected chi connectivity index (χ2v) is 7.88. The third kappa shape index (κ3) is 5.69. The number of pyridine rings is 1. The molecular formula is C21H31N3O6. The van der Waals surface area contributed by atoms with Crippen molar-refractivity contribution in [2.24, 2.45) is 5.92 Å². The van der Waals surface area contributed by atoms with Gasteiger partial charge in [0.1, 0.15) is 5.56 Å². The van der Waals surface area contributed by atoms with Crippen LogP contribution in [0.5, 0.6) is 0 Å². The number of carbonyl (C=O) groups is 3. The molecule has 3 heterocycles. The van der Waals surface area contributed by atoms with Crippen LogP contribution >= 0.6 is 0 Å². The normalized spacial score (nSPS) is 18.7. The number of carboxylic acid groups (broad SMARTS) is 2. The number of hydrogen-bond donors (Lipinski definition) is 2. The van der Waals surface area contributed by atoms with Crippen LogP contribution < -0.4 is 5.56 Å². The van der Waals surface area contributed by atoms with Gasteiger partial charge in [-0.2, -0.15) is 0 Å². The van der Waals surface area contributed by atoms with Gasteiger partial charge in [-0.15, -0.1) is 0 Å². The van der Waals surface area contributed by atoms with Gasteiger partial charge in [-0.3, -0.25) is 14.4 Å². The van der Waals surface area contributed by atoms with Crippen molar-refractivity contribution in [2.75, 3.05) is 26.2 Å². The molecule has 2 aliphatic rings. The quantitative estimate of drug-likeness (QED) is 0.687. The fraction of sp³-hybridized carbons (Fsp3) is 0.619. The third-order valence-corrected chi connectivity index (χ3v) is 5.73. The van der Waals surface area contributed by atoms with Crippen LogP contribution in [-0.4, -0.2) is 69.1 Å². The number of hydrogen-bond acceptors (Lipinski definition) is 5. The SMILES string of the molecule is CCCN1CCCC(Cn2cc3c(c(C(=O)O)c2=O)CCN(C(C)=O)C3)C1.O=CO. The maximum absolute atomic E-state index is 12.9. The Morgan fingerprint density at radius 2 is 2.00 bits per heavy atom. The van der Waals surface area contributed by atoms with Gasteiger partial charge in [-0.1, -0.05) is 6.92 Å². The first-order valence-electron chi connectivity index (χ1n) is 10.4. The van der Waals surface area contributed by atoms with Crippen LogP contribution in [-0.2, 0) is 29.1 Å². The molecule has 0 aliphatic carbocycles. The number of likely N-dealkylation sites (tertiary alicyclic amines) is 1. The summed E-state index contributed by atoms with van der Waals surface area (Å²) in [6.45, 7) is 7.90. The largest absolute Gasteiger partial charge is 0.483 e. The summed E-state index contributed by atoms with van der Waals surface area (Å²) in [5.41, 5.74) is 0.856. The Hall–Kier alpha value is -2.68. The third-order valence-electron chi connectivity index (χ3n) is 5.73. The highest BCUT2D eigenvalue weighted by Gasteiger charge is 2.28. The summed E-state index contributed by atoms with van der Waals surface area (Å²) in [4.78, 5) is 48.9. The second-order valence-electron chi connectivity index (χ2n) is 7.88. The molecule has 9 nitrogen and oxygen atoms in total.